The molecule has 1 saturated heterocycles. The Kier molecular flexibility index (Phi) is 7.20. The van der Waals surface area contributed by atoms with Gasteiger partial charge in [-0.2, -0.15) is 0 Å². The molecule has 0 bridgehead atoms. The Morgan fingerprint density at radius 3 is 2.52 bits per heavy atom. The molecule has 4 heteroatoms. The number of hydrogen-bond donors (Lipinski definition) is 2. The van der Waals surface area contributed by atoms with Crippen LogP contribution in [0.3, 0.4) is 0 Å². The van der Waals surface area contributed by atoms with E-state index in [4.69, 9.17) is 0 Å². The van der Waals surface area contributed by atoms with Gasteiger partial charge in [0, 0.05) is 6.04 Å². The van der Waals surface area contributed by atoms with Crippen molar-refractivity contribution in [3.05, 3.63) is 35.9 Å². The monoisotopic (exact) mass is 310 g/mol. The van der Waals surface area contributed by atoms with Gasteiger partial charge in [0.15, 0.2) is 0 Å². The highest BCUT2D eigenvalue weighted by Gasteiger charge is 2.28. The van der Waals surface area contributed by atoms with Crippen LogP contribution in [0, 0.1) is 11.8 Å². The Bertz CT molecular complexity index is 436. The molecule has 2 rings (SSSR count). The molecule has 118 valence electrons. The molecule has 1 amide bonds. The van der Waals surface area contributed by atoms with E-state index in [1.165, 1.54) is 0 Å². The van der Waals surface area contributed by atoms with Gasteiger partial charge < -0.3 is 10.6 Å². The van der Waals surface area contributed by atoms with Crippen LogP contribution >= 0.6 is 12.4 Å². The van der Waals surface area contributed by atoms with E-state index < -0.39 is 0 Å². The number of halogens is 1. The number of carbonyl (C=O) groups excluding carboxylic acids is 1. The summed E-state index contributed by atoms with van der Waals surface area (Å²) in [5.41, 5.74) is 1.11. The summed E-state index contributed by atoms with van der Waals surface area (Å²) in [6.45, 7) is 8.41. The summed E-state index contributed by atoms with van der Waals surface area (Å²) >= 11 is 0. The van der Waals surface area contributed by atoms with Gasteiger partial charge in [0.2, 0.25) is 5.91 Å². The maximum atomic E-state index is 12.7. The Morgan fingerprint density at radius 2 is 1.95 bits per heavy atom. The number of nitrogens with one attached hydrogen (secondary N) is 2. The minimum atomic E-state index is -0.0571. The Balaban J connectivity index is 0.00000220. The lowest BCUT2D eigenvalue weighted by atomic mass is 9.86. The third kappa shape index (κ3) is 4.72. The zero-order valence-corrected chi connectivity index (χ0v) is 14.0. The van der Waals surface area contributed by atoms with Gasteiger partial charge in [-0.15, -0.1) is 12.4 Å². The van der Waals surface area contributed by atoms with E-state index in [1.807, 2.05) is 18.2 Å². The smallest absolute Gasteiger partial charge is 0.228 e. The highest BCUT2D eigenvalue weighted by Crippen LogP contribution is 2.25. The first kappa shape index (κ1) is 18.0. The predicted molar refractivity (Wildman–Crippen MR) is 89.9 cm³/mol. The first-order valence-electron chi connectivity index (χ1n) is 7.65. The van der Waals surface area contributed by atoms with Crippen molar-refractivity contribution >= 4 is 18.3 Å². The first-order valence-corrected chi connectivity index (χ1v) is 7.65. The molecule has 0 spiro atoms. The maximum absolute atomic E-state index is 12.7. The SMILES string of the molecule is CC(C)C(C(=O)NC1CCNCC1C)c1ccccc1.Cl. The van der Waals surface area contributed by atoms with Crippen LogP contribution in [-0.4, -0.2) is 25.0 Å². The second-order valence-corrected chi connectivity index (χ2v) is 6.22. The van der Waals surface area contributed by atoms with Crippen LogP contribution in [0.1, 0.15) is 38.7 Å². The molecular weight excluding hydrogens is 284 g/mol. The number of benzene rings is 1. The Morgan fingerprint density at radius 1 is 1.29 bits per heavy atom. The van der Waals surface area contributed by atoms with Gasteiger partial charge in [0.05, 0.1) is 5.92 Å². The summed E-state index contributed by atoms with van der Waals surface area (Å²) in [4.78, 5) is 12.7. The second-order valence-electron chi connectivity index (χ2n) is 6.22. The fourth-order valence-electron chi connectivity index (χ4n) is 3.00. The molecule has 3 unspecified atom stereocenters. The fraction of sp³-hybridized carbons (Fsp3) is 0.588. The van der Waals surface area contributed by atoms with E-state index in [0.717, 1.165) is 25.1 Å². The number of rotatable bonds is 4. The first-order chi connectivity index (χ1) is 9.59. The van der Waals surface area contributed by atoms with Crippen LogP contribution in [0.15, 0.2) is 30.3 Å². The molecule has 0 aromatic heterocycles. The quantitative estimate of drug-likeness (QED) is 0.897. The number of piperidine rings is 1. The number of hydrogen-bond acceptors (Lipinski definition) is 2. The van der Waals surface area contributed by atoms with Crippen LogP contribution in [0.5, 0.6) is 0 Å². The summed E-state index contributed by atoms with van der Waals surface area (Å²) in [6, 6.07) is 10.4. The molecule has 2 N–H and O–H groups in total. The summed E-state index contributed by atoms with van der Waals surface area (Å²) in [6.07, 6.45) is 1.02. The van der Waals surface area contributed by atoms with Crippen LogP contribution in [0.4, 0.5) is 0 Å². The molecular formula is C17H27ClN2O. The van der Waals surface area contributed by atoms with Crippen molar-refractivity contribution in [1.29, 1.82) is 0 Å². The second kappa shape index (κ2) is 8.40. The van der Waals surface area contributed by atoms with E-state index in [1.54, 1.807) is 0 Å². The van der Waals surface area contributed by atoms with Crippen molar-refractivity contribution in [2.75, 3.05) is 13.1 Å². The average Bonchev–Trinajstić information content (AvgIpc) is 2.42. The molecule has 0 saturated carbocycles. The zero-order chi connectivity index (χ0) is 14.5. The van der Waals surface area contributed by atoms with Crippen LogP contribution in [0.25, 0.3) is 0 Å². The lowest BCUT2D eigenvalue weighted by Crippen LogP contribution is -2.49. The zero-order valence-electron chi connectivity index (χ0n) is 13.1. The Labute approximate surface area is 134 Å². The molecule has 3 nitrogen and oxygen atoms in total. The third-order valence-electron chi connectivity index (χ3n) is 4.22. The molecule has 21 heavy (non-hydrogen) atoms. The van der Waals surface area contributed by atoms with Crippen LogP contribution in [-0.2, 0) is 4.79 Å². The van der Waals surface area contributed by atoms with Gasteiger partial charge in [0.25, 0.3) is 0 Å². The van der Waals surface area contributed by atoms with Crippen molar-refractivity contribution in [1.82, 2.24) is 10.6 Å². The molecule has 1 aliphatic rings. The minimum absolute atomic E-state index is 0. The van der Waals surface area contributed by atoms with E-state index in [0.29, 0.717) is 17.9 Å². The van der Waals surface area contributed by atoms with Gasteiger partial charge in [0.1, 0.15) is 0 Å². The topological polar surface area (TPSA) is 41.1 Å². The summed E-state index contributed by atoms with van der Waals surface area (Å²) in [5, 5.41) is 6.64. The molecule has 3 atom stereocenters. The highest BCUT2D eigenvalue weighted by molar-refractivity contribution is 5.85. The van der Waals surface area contributed by atoms with Gasteiger partial charge in [-0.05, 0) is 36.9 Å². The van der Waals surface area contributed by atoms with Crippen LogP contribution in [0.2, 0.25) is 0 Å². The number of amides is 1. The number of carbonyl (C=O) groups is 1. The summed E-state index contributed by atoms with van der Waals surface area (Å²) in [5.74, 6) is 0.911. The molecule has 0 aliphatic carbocycles. The normalized spacial score (nSPS) is 23.2. The summed E-state index contributed by atoms with van der Waals surface area (Å²) < 4.78 is 0. The van der Waals surface area contributed by atoms with Gasteiger partial charge in [-0.1, -0.05) is 51.1 Å². The minimum Gasteiger partial charge on any atom is -0.352 e. The lowest BCUT2D eigenvalue weighted by Gasteiger charge is -2.32. The molecule has 1 fully saturated rings. The Hall–Kier alpha value is -1.06. The van der Waals surface area contributed by atoms with Crippen molar-refractivity contribution in [3.8, 4) is 0 Å². The molecule has 1 aromatic rings. The van der Waals surface area contributed by atoms with Crippen molar-refractivity contribution in [2.24, 2.45) is 11.8 Å². The predicted octanol–water partition coefficient (Wildman–Crippen LogP) is 2.96. The molecule has 1 aliphatic heterocycles. The van der Waals surface area contributed by atoms with Gasteiger partial charge in [-0.3, -0.25) is 4.79 Å². The molecule has 1 aromatic carbocycles. The standard InChI is InChI=1S/C17H26N2O.ClH/c1-12(2)16(14-7-5-4-6-8-14)17(20)19-15-9-10-18-11-13(15)3;/h4-8,12-13,15-16,18H,9-11H2,1-3H3,(H,19,20);1H. The van der Waals surface area contributed by atoms with E-state index in [9.17, 15) is 4.79 Å². The lowest BCUT2D eigenvalue weighted by molar-refractivity contribution is -0.124. The van der Waals surface area contributed by atoms with E-state index in [2.05, 4.69) is 43.5 Å². The van der Waals surface area contributed by atoms with Crippen molar-refractivity contribution in [2.45, 2.75) is 39.2 Å². The summed E-state index contributed by atoms with van der Waals surface area (Å²) in [7, 11) is 0. The fourth-order valence-corrected chi connectivity index (χ4v) is 3.00. The van der Waals surface area contributed by atoms with Crippen molar-refractivity contribution in [3.63, 3.8) is 0 Å². The van der Waals surface area contributed by atoms with Gasteiger partial charge >= 0.3 is 0 Å². The van der Waals surface area contributed by atoms with Crippen molar-refractivity contribution < 1.29 is 4.79 Å². The average molecular weight is 311 g/mol. The molecule has 1 heterocycles. The van der Waals surface area contributed by atoms with Crippen LogP contribution < -0.4 is 10.6 Å². The maximum Gasteiger partial charge on any atom is 0.228 e. The third-order valence-corrected chi connectivity index (χ3v) is 4.22. The van der Waals surface area contributed by atoms with Gasteiger partial charge in [-0.25, -0.2) is 0 Å². The van der Waals surface area contributed by atoms with E-state index >= 15 is 0 Å². The highest BCUT2D eigenvalue weighted by atomic mass is 35.5. The molecule has 0 radical (unpaired) electrons. The largest absolute Gasteiger partial charge is 0.352 e. The van der Waals surface area contributed by atoms with E-state index in [-0.39, 0.29) is 24.2 Å².